The minimum atomic E-state index is -0.582. The van der Waals surface area contributed by atoms with Crippen LogP contribution in [-0.2, 0) is 20.9 Å². The number of allylic oxidation sites excluding steroid dienone is 3. The van der Waals surface area contributed by atoms with Crippen LogP contribution in [0.15, 0.2) is 83.4 Å². The predicted octanol–water partition coefficient (Wildman–Crippen LogP) is 3.69. The van der Waals surface area contributed by atoms with Gasteiger partial charge >= 0.3 is 6.09 Å². The quantitative estimate of drug-likeness (QED) is 0.589. The van der Waals surface area contributed by atoms with Crippen molar-refractivity contribution in [3.63, 3.8) is 0 Å². The van der Waals surface area contributed by atoms with Gasteiger partial charge in [-0.3, -0.25) is 19.5 Å². The van der Waals surface area contributed by atoms with E-state index in [1.54, 1.807) is 36.6 Å². The SMILES string of the molecule is CC(=O)NC[C@H]1CN(c2ccc(-c3ccc(CNC(=O)C4=CC=NC5C=CC=CC45)cc3)c(F)c2)C(=O)O1. The predicted molar refractivity (Wildman–Crippen MR) is 142 cm³/mol. The van der Waals surface area contributed by atoms with E-state index in [9.17, 15) is 14.4 Å². The molecule has 9 heteroatoms. The molecule has 1 fully saturated rings. The first-order valence-corrected chi connectivity index (χ1v) is 12.4. The molecule has 1 aliphatic carbocycles. The van der Waals surface area contributed by atoms with E-state index in [1.807, 2.05) is 36.4 Å². The summed E-state index contributed by atoms with van der Waals surface area (Å²) in [7, 11) is 0. The fraction of sp³-hybridized carbons (Fsp3) is 0.241. The maximum atomic E-state index is 15.0. The second-order valence-corrected chi connectivity index (χ2v) is 9.30. The first kappa shape index (κ1) is 25.1. The largest absolute Gasteiger partial charge is 0.442 e. The molecule has 3 amide bonds. The van der Waals surface area contributed by atoms with Crippen molar-refractivity contribution in [2.24, 2.45) is 10.9 Å². The highest BCUT2D eigenvalue weighted by Crippen LogP contribution is 2.30. The van der Waals surface area contributed by atoms with Gasteiger partial charge in [0.1, 0.15) is 11.9 Å². The molecule has 2 aliphatic heterocycles. The smallest absolute Gasteiger partial charge is 0.414 e. The molecule has 0 saturated carbocycles. The minimum Gasteiger partial charge on any atom is -0.442 e. The summed E-state index contributed by atoms with van der Waals surface area (Å²) in [6.07, 6.45) is 10.2. The maximum absolute atomic E-state index is 15.0. The van der Waals surface area contributed by atoms with Crippen molar-refractivity contribution in [3.8, 4) is 11.1 Å². The molecule has 0 bridgehead atoms. The summed E-state index contributed by atoms with van der Waals surface area (Å²) in [6.45, 7) is 2.14. The number of cyclic esters (lactones) is 1. The summed E-state index contributed by atoms with van der Waals surface area (Å²) in [4.78, 5) is 41.9. The summed E-state index contributed by atoms with van der Waals surface area (Å²) in [5.41, 5.74) is 3.00. The Kier molecular flexibility index (Phi) is 7.17. The van der Waals surface area contributed by atoms with Crippen molar-refractivity contribution >= 4 is 29.8 Å². The monoisotopic (exact) mass is 514 g/mol. The van der Waals surface area contributed by atoms with Gasteiger partial charge < -0.3 is 15.4 Å². The topological polar surface area (TPSA) is 100 Å². The van der Waals surface area contributed by atoms with Crippen molar-refractivity contribution in [3.05, 3.63) is 89.8 Å². The summed E-state index contributed by atoms with van der Waals surface area (Å²) < 4.78 is 20.3. The fourth-order valence-electron chi connectivity index (χ4n) is 4.68. The van der Waals surface area contributed by atoms with Gasteiger partial charge in [-0.1, -0.05) is 48.6 Å². The Morgan fingerprint density at radius 1 is 1.11 bits per heavy atom. The molecule has 0 aromatic heterocycles. The van der Waals surface area contributed by atoms with Crippen LogP contribution >= 0.6 is 0 Å². The van der Waals surface area contributed by atoms with Gasteiger partial charge in [-0.05, 0) is 35.4 Å². The lowest BCUT2D eigenvalue weighted by atomic mass is 9.86. The Bertz CT molecular complexity index is 1380. The second kappa shape index (κ2) is 10.8. The van der Waals surface area contributed by atoms with Gasteiger partial charge in [0.15, 0.2) is 0 Å². The zero-order valence-electron chi connectivity index (χ0n) is 20.8. The van der Waals surface area contributed by atoms with Crippen LogP contribution in [0.25, 0.3) is 11.1 Å². The number of hydrogen-bond donors (Lipinski definition) is 2. The first-order chi connectivity index (χ1) is 18.4. The Morgan fingerprint density at radius 3 is 2.66 bits per heavy atom. The molecule has 0 spiro atoms. The van der Waals surface area contributed by atoms with Crippen LogP contribution < -0.4 is 15.5 Å². The van der Waals surface area contributed by atoms with Crippen LogP contribution in [0.5, 0.6) is 0 Å². The van der Waals surface area contributed by atoms with E-state index in [0.717, 1.165) is 5.56 Å². The van der Waals surface area contributed by atoms with Gasteiger partial charge in [0.25, 0.3) is 0 Å². The van der Waals surface area contributed by atoms with Gasteiger partial charge in [-0.15, -0.1) is 0 Å². The van der Waals surface area contributed by atoms with Crippen LogP contribution in [0.4, 0.5) is 14.9 Å². The van der Waals surface area contributed by atoms with E-state index in [1.165, 1.54) is 17.9 Å². The average Bonchev–Trinajstić information content (AvgIpc) is 3.31. The molecule has 194 valence electrons. The molecule has 2 N–H and O–H groups in total. The van der Waals surface area contributed by atoms with Crippen molar-refractivity contribution in [1.29, 1.82) is 0 Å². The summed E-state index contributed by atoms with van der Waals surface area (Å²) in [6, 6.07) is 11.8. The summed E-state index contributed by atoms with van der Waals surface area (Å²) in [5.74, 6) is -0.898. The first-order valence-electron chi connectivity index (χ1n) is 12.4. The van der Waals surface area contributed by atoms with Crippen LogP contribution in [0.1, 0.15) is 12.5 Å². The van der Waals surface area contributed by atoms with E-state index < -0.39 is 18.0 Å². The molecule has 2 unspecified atom stereocenters. The molecule has 2 aromatic carbocycles. The normalized spacial score (nSPS) is 21.5. The number of ether oxygens (including phenoxy) is 1. The minimum absolute atomic E-state index is 0.0485. The van der Waals surface area contributed by atoms with E-state index in [0.29, 0.717) is 28.9 Å². The number of aliphatic imine (C=N–C) groups is 1. The Balaban J connectivity index is 1.20. The number of nitrogens with zero attached hydrogens (tertiary/aromatic N) is 2. The third-order valence-corrected chi connectivity index (χ3v) is 6.67. The molecule has 1 saturated heterocycles. The van der Waals surface area contributed by atoms with Crippen molar-refractivity contribution in [1.82, 2.24) is 10.6 Å². The second-order valence-electron chi connectivity index (χ2n) is 9.30. The highest BCUT2D eigenvalue weighted by Gasteiger charge is 2.33. The molecular weight excluding hydrogens is 487 g/mol. The third-order valence-electron chi connectivity index (χ3n) is 6.67. The Hall–Kier alpha value is -4.53. The van der Waals surface area contributed by atoms with Crippen LogP contribution in [-0.4, -0.2) is 49.4 Å². The van der Waals surface area contributed by atoms with Crippen LogP contribution in [0, 0.1) is 11.7 Å². The van der Waals surface area contributed by atoms with Crippen molar-refractivity contribution < 1.29 is 23.5 Å². The van der Waals surface area contributed by atoms with Crippen molar-refractivity contribution in [2.75, 3.05) is 18.0 Å². The molecule has 5 rings (SSSR count). The molecule has 0 radical (unpaired) electrons. The van der Waals surface area contributed by atoms with E-state index in [-0.39, 0.29) is 36.9 Å². The molecule has 3 atom stereocenters. The molecule has 8 nitrogen and oxygen atoms in total. The lowest BCUT2D eigenvalue weighted by Gasteiger charge is -2.25. The summed E-state index contributed by atoms with van der Waals surface area (Å²) in [5, 5.41) is 5.58. The lowest BCUT2D eigenvalue weighted by Crippen LogP contribution is -2.33. The molecule has 38 heavy (non-hydrogen) atoms. The van der Waals surface area contributed by atoms with Crippen LogP contribution in [0.3, 0.4) is 0 Å². The number of carbonyl (C=O) groups is 3. The standard InChI is InChI=1S/C29H27FN4O4/c1-18(35)32-16-22-17-34(29(37)38-22)21-10-11-23(26(30)14-21)20-8-6-19(7-9-20)15-33-28(36)25-12-13-31-27-5-3-2-4-24(25)27/h2-14,22,24,27H,15-17H2,1H3,(H,32,35)(H,33,36)/t22-,24?,27?/m0/s1. The Morgan fingerprint density at radius 2 is 1.89 bits per heavy atom. The van der Waals surface area contributed by atoms with Gasteiger partial charge in [0.2, 0.25) is 11.8 Å². The zero-order valence-corrected chi connectivity index (χ0v) is 20.8. The number of amides is 3. The van der Waals surface area contributed by atoms with Crippen molar-refractivity contribution in [2.45, 2.75) is 25.6 Å². The third kappa shape index (κ3) is 5.41. The number of rotatable bonds is 7. The number of dihydropyridines is 1. The number of anilines is 1. The number of halogens is 1. The van der Waals surface area contributed by atoms with Gasteiger partial charge in [0.05, 0.1) is 24.8 Å². The number of benzene rings is 2. The van der Waals surface area contributed by atoms with Gasteiger partial charge in [0, 0.05) is 36.7 Å². The van der Waals surface area contributed by atoms with E-state index in [4.69, 9.17) is 4.74 Å². The molecule has 3 aliphatic rings. The lowest BCUT2D eigenvalue weighted by molar-refractivity contribution is -0.119. The summed E-state index contributed by atoms with van der Waals surface area (Å²) >= 11 is 0. The molecule has 2 aromatic rings. The van der Waals surface area contributed by atoms with Gasteiger partial charge in [-0.25, -0.2) is 9.18 Å². The van der Waals surface area contributed by atoms with E-state index in [2.05, 4.69) is 15.6 Å². The van der Waals surface area contributed by atoms with Crippen LogP contribution in [0.2, 0.25) is 0 Å². The number of fused-ring (bicyclic) bond motifs is 1. The van der Waals surface area contributed by atoms with E-state index >= 15 is 4.39 Å². The molecular formula is C29H27FN4O4. The zero-order chi connectivity index (χ0) is 26.6. The fourth-order valence-corrected chi connectivity index (χ4v) is 4.68. The highest BCUT2D eigenvalue weighted by atomic mass is 19.1. The average molecular weight is 515 g/mol. The molecule has 2 heterocycles. The number of carbonyl (C=O) groups excluding carboxylic acids is 3. The number of hydrogen-bond acceptors (Lipinski definition) is 5. The van der Waals surface area contributed by atoms with Gasteiger partial charge in [-0.2, -0.15) is 0 Å². The number of nitrogens with one attached hydrogen (secondary N) is 2. The highest BCUT2D eigenvalue weighted by molar-refractivity contribution is 5.99. The maximum Gasteiger partial charge on any atom is 0.414 e. The Labute approximate surface area is 219 Å².